The van der Waals surface area contributed by atoms with Crippen molar-refractivity contribution in [2.75, 3.05) is 5.32 Å². The predicted octanol–water partition coefficient (Wildman–Crippen LogP) is 4.93. The van der Waals surface area contributed by atoms with Crippen molar-refractivity contribution in [2.45, 2.75) is 13.3 Å². The molecule has 0 fully saturated rings. The van der Waals surface area contributed by atoms with Crippen molar-refractivity contribution in [2.24, 2.45) is 0 Å². The number of hydrogen-bond acceptors (Lipinski definition) is 2. The van der Waals surface area contributed by atoms with Crippen LogP contribution in [-0.2, 0) is 6.42 Å². The quantitative estimate of drug-likeness (QED) is 0.680. The molecule has 94 valence electrons. The fourth-order valence-electron chi connectivity index (χ4n) is 1.58. The number of carbonyl (C=O) groups is 1. The molecule has 0 atom stereocenters. The maximum Gasteiger partial charge on any atom is 0.266 e. The minimum absolute atomic E-state index is 0.0382. The van der Waals surface area contributed by atoms with E-state index in [4.69, 9.17) is 0 Å². The maximum absolute atomic E-state index is 12.2. The van der Waals surface area contributed by atoms with Crippen LogP contribution in [0.5, 0.6) is 0 Å². The van der Waals surface area contributed by atoms with E-state index < -0.39 is 0 Å². The first-order valence-electron chi connectivity index (χ1n) is 5.44. The van der Waals surface area contributed by atoms with Gasteiger partial charge in [0.2, 0.25) is 0 Å². The van der Waals surface area contributed by atoms with Crippen molar-refractivity contribution < 1.29 is 4.79 Å². The third-order valence-electron chi connectivity index (χ3n) is 2.51. The Kier molecular flexibility index (Phi) is 4.80. The van der Waals surface area contributed by atoms with Crippen LogP contribution in [0.1, 0.15) is 22.2 Å². The Labute approximate surface area is 132 Å². The fraction of sp³-hybridized carbons (Fsp3) is 0.154. The van der Waals surface area contributed by atoms with Gasteiger partial charge in [-0.1, -0.05) is 6.92 Å². The molecule has 0 aliphatic heterocycles. The van der Waals surface area contributed by atoms with Gasteiger partial charge in [0.1, 0.15) is 0 Å². The molecule has 0 radical (unpaired) electrons. The Hall–Kier alpha value is -0.400. The van der Waals surface area contributed by atoms with Crippen molar-refractivity contribution in [1.82, 2.24) is 0 Å². The van der Waals surface area contributed by atoms with E-state index in [1.165, 1.54) is 11.3 Å². The molecule has 2 nitrogen and oxygen atoms in total. The maximum atomic E-state index is 12.2. The van der Waals surface area contributed by atoms with E-state index in [1.54, 1.807) is 0 Å². The van der Waals surface area contributed by atoms with Gasteiger partial charge in [0.05, 0.1) is 10.6 Å². The second kappa shape index (κ2) is 6.16. The standard InChI is InChI=1S/C13H11BrINOS/c1-2-8-5-6-18-12(8)13(17)16-11-4-3-9(15)7-10(11)14/h3-7H,2H2,1H3,(H,16,17). The number of amides is 1. The lowest BCUT2D eigenvalue weighted by Gasteiger charge is -2.07. The smallest absolute Gasteiger partial charge is 0.266 e. The van der Waals surface area contributed by atoms with E-state index in [0.29, 0.717) is 0 Å². The van der Waals surface area contributed by atoms with Crippen molar-refractivity contribution in [3.05, 3.63) is 48.1 Å². The average molecular weight is 436 g/mol. The molecular formula is C13H11BrINOS. The number of thiophene rings is 1. The average Bonchev–Trinajstić information content (AvgIpc) is 2.81. The number of benzene rings is 1. The first kappa shape index (κ1) is 14.0. The van der Waals surface area contributed by atoms with Crippen LogP contribution in [0, 0.1) is 3.57 Å². The Bertz CT molecular complexity index is 582. The van der Waals surface area contributed by atoms with Crippen LogP contribution >= 0.6 is 49.9 Å². The lowest BCUT2D eigenvalue weighted by atomic mass is 10.2. The molecule has 1 aromatic heterocycles. The molecule has 5 heteroatoms. The minimum atomic E-state index is -0.0382. The fourth-order valence-corrected chi connectivity index (χ4v) is 3.87. The molecule has 0 aliphatic carbocycles. The highest BCUT2D eigenvalue weighted by molar-refractivity contribution is 14.1. The summed E-state index contributed by atoms with van der Waals surface area (Å²) in [6, 6.07) is 7.85. The van der Waals surface area contributed by atoms with Crippen LogP contribution in [-0.4, -0.2) is 5.91 Å². The van der Waals surface area contributed by atoms with Gasteiger partial charge >= 0.3 is 0 Å². The highest BCUT2D eigenvalue weighted by Crippen LogP contribution is 2.26. The Balaban J connectivity index is 2.21. The number of aryl methyl sites for hydroxylation is 1. The second-order valence-electron chi connectivity index (χ2n) is 3.71. The molecule has 1 N–H and O–H groups in total. The molecule has 0 saturated carbocycles. The zero-order valence-electron chi connectivity index (χ0n) is 9.67. The van der Waals surface area contributed by atoms with E-state index in [2.05, 4.69) is 50.8 Å². The summed E-state index contributed by atoms with van der Waals surface area (Å²) in [6.07, 6.45) is 0.875. The molecule has 0 aliphatic rings. The van der Waals surface area contributed by atoms with Gasteiger partial charge in [-0.05, 0) is 80.2 Å². The lowest BCUT2D eigenvalue weighted by molar-refractivity contribution is 0.102. The summed E-state index contributed by atoms with van der Waals surface area (Å²) in [4.78, 5) is 13.0. The summed E-state index contributed by atoms with van der Waals surface area (Å²) in [5.74, 6) is -0.0382. The van der Waals surface area contributed by atoms with Crippen molar-refractivity contribution in [3.63, 3.8) is 0 Å². The monoisotopic (exact) mass is 435 g/mol. The van der Waals surface area contributed by atoms with E-state index in [-0.39, 0.29) is 5.91 Å². The first-order chi connectivity index (χ1) is 8.61. The molecule has 1 amide bonds. The highest BCUT2D eigenvalue weighted by atomic mass is 127. The Morgan fingerprint density at radius 3 is 2.89 bits per heavy atom. The zero-order valence-corrected chi connectivity index (χ0v) is 14.2. The summed E-state index contributed by atoms with van der Waals surface area (Å²) in [5.41, 5.74) is 1.90. The van der Waals surface area contributed by atoms with Gasteiger partial charge in [-0.2, -0.15) is 0 Å². The van der Waals surface area contributed by atoms with Gasteiger partial charge in [0.15, 0.2) is 0 Å². The van der Waals surface area contributed by atoms with Crippen LogP contribution in [0.25, 0.3) is 0 Å². The van der Waals surface area contributed by atoms with E-state index in [0.717, 1.165) is 30.6 Å². The van der Waals surface area contributed by atoms with Gasteiger partial charge in [0.25, 0.3) is 5.91 Å². The van der Waals surface area contributed by atoms with Gasteiger partial charge in [-0.25, -0.2) is 0 Å². The van der Waals surface area contributed by atoms with E-state index >= 15 is 0 Å². The van der Waals surface area contributed by atoms with Crippen LogP contribution < -0.4 is 5.32 Å². The number of carbonyl (C=O) groups excluding carboxylic acids is 1. The van der Waals surface area contributed by atoms with E-state index in [9.17, 15) is 4.79 Å². The van der Waals surface area contributed by atoms with Gasteiger partial charge in [-0.3, -0.25) is 4.79 Å². The van der Waals surface area contributed by atoms with E-state index in [1.807, 2.05) is 29.6 Å². The summed E-state index contributed by atoms with van der Waals surface area (Å²) >= 11 is 7.18. The summed E-state index contributed by atoms with van der Waals surface area (Å²) in [7, 11) is 0. The third-order valence-corrected chi connectivity index (χ3v) is 4.80. The Morgan fingerprint density at radius 2 is 2.22 bits per heavy atom. The molecule has 0 bridgehead atoms. The van der Waals surface area contributed by atoms with Gasteiger partial charge in [-0.15, -0.1) is 11.3 Å². The van der Waals surface area contributed by atoms with Crippen LogP contribution in [0.15, 0.2) is 34.1 Å². The first-order valence-corrected chi connectivity index (χ1v) is 8.19. The molecule has 0 saturated heterocycles. The van der Waals surface area contributed by atoms with Crippen molar-refractivity contribution in [3.8, 4) is 0 Å². The molecule has 1 aromatic carbocycles. The summed E-state index contributed by atoms with van der Waals surface area (Å²) in [6.45, 7) is 2.06. The van der Waals surface area contributed by atoms with Gasteiger partial charge in [0, 0.05) is 8.04 Å². The molecule has 2 aromatic rings. The number of hydrogen-bond donors (Lipinski definition) is 1. The zero-order chi connectivity index (χ0) is 13.1. The number of nitrogens with one attached hydrogen (secondary N) is 1. The predicted molar refractivity (Wildman–Crippen MR) is 88.5 cm³/mol. The normalized spacial score (nSPS) is 10.4. The molecule has 0 unspecified atom stereocenters. The number of rotatable bonds is 3. The largest absolute Gasteiger partial charge is 0.320 e. The summed E-state index contributed by atoms with van der Waals surface area (Å²) in [5, 5.41) is 4.89. The number of halogens is 2. The van der Waals surface area contributed by atoms with Crippen molar-refractivity contribution in [1.29, 1.82) is 0 Å². The third kappa shape index (κ3) is 3.13. The second-order valence-corrected chi connectivity index (χ2v) is 6.72. The summed E-state index contributed by atoms with van der Waals surface area (Å²) < 4.78 is 2.03. The Morgan fingerprint density at radius 1 is 1.44 bits per heavy atom. The molecular weight excluding hydrogens is 425 g/mol. The van der Waals surface area contributed by atoms with Crippen LogP contribution in [0.3, 0.4) is 0 Å². The molecule has 1 heterocycles. The number of anilines is 1. The van der Waals surface area contributed by atoms with Crippen LogP contribution in [0.2, 0.25) is 0 Å². The minimum Gasteiger partial charge on any atom is -0.320 e. The molecule has 18 heavy (non-hydrogen) atoms. The van der Waals surface area contributed by atoms with Crippen molar-refractivity contribution >= 4 is 61.5 Å². The van der Waals surface area contributed by atoms with Crippen LogP contribution in [0.4, 0.5) is 5.69 Å². The SMILES string of the molecule is CCc1ccsc1C(=O)Nc1ccc(I)cc1Br. The van der Waals surface area contributed by atoms with Gasteiger partial charge < -0.3 is 5.32 Å². The molecule has 0 spiro atoms. The topological polar surface area (TPSA) is 29.1 Å². The highest BCUT2D eigenvalue weighted by Gasteiger charge is 2.13. The molecule has 2 rings (SSSR count). The lowest BCUT2D eigenvalue weighted by Crippen LogP contribution is -2.12.